The quantitative estimate of drug-likeness (QED) is 0.320. The Morgan fingerprint density at radius 3 is 2.11 bits per heavy atom. The normalized spacial score (nSPS) is 26.1. The molecule has 3 N–H and O–H groups in total. The van der Waals surface area contributed by atoms with Crippen LogP contribution in [-0.2, 0) is 27.9 Å². The van der Waals surface area contributed by atoms with E-state index in [1.165, 1.54) is 10.8 Å². The van der Waals surface area contributed by atoms with E-state index in [9.17, 15) is 18.0 Å². The number of aromatic nitrogens is 2. The van der Waals surface area contributed by atoms with Crippen molar-refractivity contribution in [2.24, 2.45) is 5.73 Å². The predicted octanol–water partition coefficient (Wildman–Crippen LogP) is 4.58. The van der Waals surface area contributed by atoms with Gasteiger partial charge in [0, 0.05) is 11.8 Å². The van der Waals surface area contributed by atoms with Gasteiger partial charge in [0.05, 0.1) is 12.3 Å². The van der Waals surface area contributed by atoms with Gasteiger partial charge >= 0.3 is 15.8 Å². The van der Waals surface area contributed by atoms with Crippen molar-refractivity contribution in [1.29, 1.82) is 0 Å². The molecule has 1 aromatic carbocycles. The summed E-state index contributed by atoms with van der Waals surface area (Å²) in [6.45, 7) is 22.1. The summed E-state index contributed by atoms with van der Waals surface area (Å²) in [7, 11) is -9.56. The first-order valence-electron chi connectivity index (χ1n) is 14.8. The second-order valence-electron chi connectivity index (χ2n) is 14.8. The van der Waals surface area contributed by atoms with Gasteiger partial charge in [0.15, 0.2) is 28.5 Å². The Morgan fingerprint density at radius 1 is 1.00 bits per heavy atom. The fourth-order valence-corrected chi connectivity index (χ4v) is 8.80. The van der Waals surface area contributed by atoms with E-state index in [0.29, 0.717) is 5.56 Å². The number of aryl methyl sites for hydroxylation is 1. The highest BCUT2D eigenvalue weighted by Crippen LogP contribution is 2.55. The SMILES string of the molecule is Cc1cn([C@@H]2OC(CO[Si](C)(C)C(C)(C)C)C3(OS(=O)(=O)C(c4ccccc4)=C3N)[C@H]2O[Si](C)(C)C(C)(C)C)c(=O)[nH]c1=O. The summed E-state index contributed by atoms with van der Waals surface area (Å²) in [5.74, 6) is 0. The summed E-state index contributed by atoms with van der Waals surface area (Å²) >= 11 is 0. The minimum Gasteiger partial charge on any atom is -0.414 e. The molecule has 0 bridgehead atoms. The molecule has 2 unspecified atom stereocenters. The highest BCUT2D eigenvalue weighted by Gasteiger charge is 2.69. The second kappa shape index (κ2) is 11.2. The molecule has 4 atom stereocenters. The van der Waals surface area contributed by atoms with Gasteiger partial charge in [-0.3, -0.25) is 14.3 Å². The number of nitrogens with zero attached hydrogens (tertiary/aromatic N) is 1. The summed E-state index contributed by atoms with van der Waals surface area (Å²) in [6, 6.07) is 8.51. The lowest BCUT2D eigenvalue weighted by atomic mass is 9.87. The summed E-state index contributed by atoms with van der Waals surface area (Å²) in [5, 5.41) is -0.486. The van der Waals surface area contributed by atoms with Gasteiger partial charge in [0.1, 0.15) is 17.1 Å². The van der Waals surface area contributed by atoms with Crippen LogP contribution in [0.15, 0.2) is 51.8 Å². The van der Waals surface area contributed by atoms with Crippen molar-refractivity contribution in [3.8, 4) is 0 Å². The van der Waals surface area contributed by atoms with Crippen LogP contribution < -0.4 is 17.0 Å². The van der Waals surface area contributed by atoms with Gasteiger partial charge < -0.3 is 19.3 Å². The summed E-state index contributed by atoms with van der Waals surface area (Å²) in [4.78, 5) is 27.8. The van der Waals surface area contributed by atoms with Crippen molar-refractivity contribution in [2.75, 3.05) is 6.61 Å². The first kappa shape index (κ1) is 34.5. The highest BCUT2D eigenvalue weighted by atomic mass is 32.2. The lowest BCUT2D eigenvalue weighted by molar-refractivity contribution is -0.0563. The molecule has 44 heavy (non-hydrogen) atoms. The standard InChI is InChI=1S/C30H47N3O8SSi2/c1-19-17-33(27(35)32-25(19)34)26-24(40-44(10,11)29(5,6)7)30(21(39-26)18-38-43(8,9)28(2,3)4)23(31)22(42(36,37)41-30)20-15-13-12-14-16-20/h12-17,21,24,26H,18,31H2,1-11H3,(H,32,34,35)/t21?,24-,26+,30?/m0/s1. The maximum Gasteiger partial charge on any atom is 0.330 e. The number of nitrogens with two attached hydrogens (primary N) is 1. The van der Waals surface area contributed by atoms with E-state index in [0.717, 1.165) is 0 Å². The molecule has 0 radical (unpaired) electrons. The fraction of sp³-hybridized carbons (Fsp3) is 0.600. The molecule has 0 saturated carbocycles. The number of hydrogen-bond acceptors (Lipinski definition) is 9. The Labute approximate surface area is 262 Å². The molecule has 1 spiro atoms. The van der Waals surface area contributed by atoms with Crippen molar-refractivity contribution < 1.29 is 26.2 Å². The minimum atomic E-state index is -4.43. The number of benzene rings is 1. The molecule has 1 fully saturated rings. The zero-order valence-electron chi connectivity index (χ0n) is 27.6. The zero-order valence-corrected chi connectivity index (χ0v) is 30.4. The summed E-state index contributed by atoms with van der Waals surface area (Å²) in [6.07, 6.45) is -2.11. The van der Waals surface area contributed by atoms with E-state index >= 15 is 0 Å². The highest BCUT2D eigenvalue weighted by molar-refractivity contribution is 7.96. The average Bonchev–Trinajstić information content (AvgIpc) is 3.28. The van der Waals surface area contributed by atoms with Gasteiger partial charge in [-0.2, -0.15) is 8.42 Å². The van der Waals surface area contributed by atoms with E-state index in [-0.39, 0.29) is 32.8 Å². The third-order valence-electron chi connectivity index (χ3n) is 9.71. The Balaban J connectivity index is 2.03. The monoisotopic (exact) mass is 665 g/mol. The maximum atomic E-state index is 13.9. The predicted molar refractivity (Wildman–Crippen MR) is 175 cm³/mol. The molecule has 244 valence electrons. The van der Waals surface area contributed by atoms with E-state index in [1.807, 2.05) is 33.9 Å². The van der Waals surface area contributed by atoms with Crippen LogP contribution in [0.25, 0.3) is 4.91 Å². The largest absolute Gasteiger partial charge is 0.414 e. The van der Waals surface area contributed by atoms with Gasteiger partial charge in [-0.15, -0.1) is 0 Å². The van der Waals surface area contributed by atoms with Crippen molar-refractivity contribution in [3.63, 3.8) is 0 Å². The van der Waals surface area contributed by atoms with Gasteiger partial charge in [-0.25, -0.2) is 8.98 Å². The molecule has 4 rings (SSSR count). The van der Waals surface area contributed by atoms with Crippen LogP contribution in [0.1, 0.15) is 58.9 Å². The van der Waals surface area contributed by atoms with Crippen molar-refractivity contribution in [3.05, 3.63) is 74.2 Å². The van der Waals surface area contributed by atoms with Gasteiger partial charge in [0.2, 0.25) is 0 Å². The number of H-pyrrole nitrogens is 1. The first-order chi connectivity index (χ1) is 20.0. The molecule has 2 aliphatic heterocycles. The molecule has 1 saturated heterocycles. The summed E-state index contributed by atoms with van der Waals surface area (Å²) in [5.41, 5.74) is 4.33. The summed E-state index contributed by atoms with van der Waals surface area (Å²) < 4.78 is 55.5. The van der Waals surface area contributed by atoms with Gasteiger partial charge in [-0.1, -0.05) is 71.9 Å². The number of aromatic amines is 1. The molecule has 14 heteroatoms. The third-order valence-corrected chi connectivity index (χ3v) is 20.1. The third kappa shape index (κ3) is 5.85. The van der Waals surface area contributed by atoms with E-state index in [4.69, 9.17) is 23.5 Å². The molecule has 2 aliphatic rings. The molecule has 0 amide bonds. The van der Waals surface area contributed by atoms with Crippen molar-refractivity contribution >= 4 is 31.7 Å². The number of hydrogen-bond donors (Lipinski definition) is 2. The molecule has 3 heterocycles. The van der Waals surface area contributed by atoms with Crippen molar-refractivity contribution in [1.82, 2.24) is 9.55 Å². The Hall–Kier alpha value is -2.34. The van der Waals surface area contributed by atoms with Crippen LogP contribution in [0.5, 0.6) is 0 Å². The van der Waals surface area contributed by atoms with Gasteiger partial charge in [0.25, 0.3) is 5.56 Å². The van der Waals surface area contributed by atoms with Crippen LogP contribution in [0.2, 0.25) is 36.3 Å². The van der Waals surface area contributed by atoms with Crippen LogP contribution >= 0.6 is 0 Å². The van der Waals surface area contributed by atoms with Crippen molar-refractivity contribution in [2.45, 2.75) is 109 Å². The molecule has 1 aromatic heterocycles. The van der Waals surface area contributed by atoms with E-state index in [2.05, 4.69) is 38.8 Å². The molecule has 0 aliphatic carbocycles. The van der Waals surface area contributed by atoms with Gasteiger partial charge in [-0.05, 0) is 48.8 Å². The second-order valence-corrected chi connectivity index (χ2v) is 25.9. The average molecular weight is 666 g/mol. The minimum absolute atomic E-state index is 0.0697. The Kier molecular flexibility index (Phi) is 8.77. The molecule has 11 nitrogen and oxygen atoms in total. The first-order valence-corrected chi connectivity index (χ1v) is 22.0. The lowest BCUT2D eigenvalue weighted by Gasteiger charge is -2.43. The lowest BCUT2D eigenvalue weighted by Crippen LogP contribution is -2.59. The zero-order chi connectivity index (χ0) is 33.3. The van der Waals surface area contributed by atoms with E-state index < -0.39 is 62.0 Å². The molecular formula is C30H47N3O8SSi2. The smallest absolute Gasteiger partial charge is 0.330 e. The fourth-order valence-electron chi connectivity index (χ4n) is 4.92. The Morgan fingerprint density at radius 2 is 1.57 bits per heavy atom. The maximum absolute atomic E-state index is 13.9. The number of nitrogens with one attached hydrogen (secondary N) is 1. The van der Waals surface area contributed by atoms with Crippen LogP contribution in [0.4, 0.5) is 0 Å². The molecule has 2 aromatic rings. The van der Waals surface area contributed by atoms with Crippen LogP contribution in [0, 0.1) is 6.92 Å². The van der Waals surface area contributed by atoms with E-state index in [1.54, 1.807) is 37.3 Å². The van der Waals surface area contributed by atoms with Crippen LogP contribution in [-0.4, -0.2) is 59.0 Å². The molecular weight excluding hydrogens is 619 g/mol. The topological polar surface area (TPSA) is 152 Å². The number of rotatable bonds is 7. The van der Waals surface area contributed by atoms with Crippen LogP contribution in [0.3, 0.4) is 0 Å². The Bertz CT molecular complexity index is 1670. The number of ether oxygens (including phenoxy) is 1.